The van der Waals surface area contributed by atoms with Gasteiger partial charge in [-0.2, -0.15) is 0 Å². The SMILES string of the molecule is CC(C)[C@@]1(C(=O)O)C[C@H]1C(=O)O. The lowest BCUT2D eigenvalue weighted by Crippen LogP contribution is -2.26. The first kappa shape index (κ1) is 9.03. The normalized spacial score (nSPS) is 33.4. The van der Waals surface area contributed by atoms with Crippen molar-refractivity contribution in [2.75, 3.05) is 0 Å². The zero-order valence-corrected chi connectivity index (χ0v) is 7.07. The third kappa shape index (κ3) is 0.983. The molecule has 0 aromatic rings. The Morgan fingerprint density at radius 1 is 1.42 bits per heavy atom. The van der Waals surface area contributed by atoms with Crippen molar-refractivity contribution in [3.8, 4) is 0 Å². The summed E-state index contributed by atoms with van der Waals surface area (Å²) in [7, 11) is 0. The van der Waals surface area contributed by atoms with E-state index in [0.717, 1.165) is 0 Å². The van der Waals surface area contributed by atoms with E-state index in [1.807, 2.05) is 0 Å². The molecule has 1 aliphatic rings. The third-order valence-corrected chi connectivity index (χ3v) is 2.73. The van der Waals surface area contributed by atoms with E-state index in [-0.39, 0.29) is 12.3 Å². The first-order valence-electron chi connectivity index (χ1n) is 3.89. The second-order valence-electron chi connectivity index (χ2n) is 3.60. The Kier molecular flexibility index (Phi) is 1.86. The molecule has 0 amide bonds. The molecule has 4 heteroatoms. The van der Waals surface area contributed by atoms with Gasteiger partial charge in [0, 0.05) is 0 Å². The van der Waals surface area contributed by atoms with Crippen molar-refractivity contribution >= 4 is 11.9 Å². The number of carboxylic acids is 2. The molecule has 4 nitrogen and oxygen atoms in total. The van der Waals surface area contributed by atoms with Crippen molar-refractivity contribution in [2.24, 2.45) is 17.3 Å². The van der Waals surface area contributed by atoms with Crippen LogP contribution in [0.2, 0.25) is 0 Å². The Morgan fingerprint density at radius 2 is 1.92 bits per heavy atom. The lowest BCUT2D eigenvalue weighted by molar-refractivity contribution is -0.150. The molecule has 0 aromatic heterocycles. The highest BCUT2D eigenvalue weighted by atomic mass is 16.4. The molecule has 0 spiro atoms. The van der Waals surface area contributed by atoms with Crippen LogP contribution in [0.25, 0.3) is 0 Å². The van der Waals surface area contributed by atoms with Crippen molar-refractivity contribution < 1.29 is 19.8 Å². The number of aliphatic carboxylic acids is 2. The van der Waals surface area contributed by atoms with E-state index >= 15 is 0 Å². The van der Waals surface area contributed by atoms with Crippen LogP contribution in [0.1, 0.15) is 20.3 Å². The highest BCUT2D eigenvalue weighted by molar-refractivity contribution is 5.89. The maximum Gasteiger partial charge on any atom is 0.310 e. The van der Waals surface area contributed by atoms with Crippen LogP contribution in [0.3, 0.4) is 0 Å². The van der Waals surface area contributed by atoms with E-state index in [1.54, 1.807) is 13.8 Å². The van der Waals surface area contributed by atoms with Crippen LogP contribution in [0.4, 0.5) is 0 Å². The predicted molar refractivity (Wildman–Crippen MR) is 40.6 cm³/mol. The highest BCUT2D eigenvalue weighted by Gasteiger charge is 2.65. The summed E-state index contributed by atoms with van der Waals surface area (Å²) in [5.74, 6) is -2.78. The summed E-state index contributed by atoms with van der Waals surface area (Å²) in [5.41, 5.74) is -0.994. The summed E-state index contributed by atoms with van der Waals surface area (Å²) >= 11 is 0. The Balaban J connectivity index is 2.83. The summed E-state index contributed by atoms with van der Waals surface area (Å²) in [4.78, 5) is 21.3. The van der Waals surface area contributed by atoms with Gasteiger partial charge in [-0.25, -0.2) is 0 Å². The smallest absolute Gasteiger partial charge is 0.310 e. The van der Waals surface area contributed by atoms with Gasteiger partial charge in [0.2, 0.25) is 0 Å². The minimum Gasteiger partial charge on any atom is -0.481 e. The molecule has 0 aliphatic heterocycles. The number of hydrogen-bond acceptors (Lipinski definition) is 2. The lowest BCUT2D eigenvalue weighted by Gasteiger charge is -2.14. The molecule has 0 aromatic carbocycles. The summed E-state index contributed by atoms with van der Waals surface area (Å²) < 4.78 is 0. The predicted octanol–water partition coefficient (Wildman–Crippen LogP) is 0.818. The number of carbonyl (C=O) groups is 2. The van der Waals surface area contributed by atoms with Crippen LogP contribution < -0.4 is 0 Å². The molecule has 0 bridgehead atoms. The minimum absolute atomic E-state index is 0.115. The summed E-state index contributed by atoms with van der Waals surface area (Å²) in [5, 5.41) is 17.5. The zero-order valence-electron chi connectivity index (χ0n) is 7.07. The van der Waals surface area contributed by atoms with Crippen LogP contribution in [-0.2, 0) is 9.59 Å². The largest absolute Gasteiger partial charge is 0.481 e. The van der Waals surface area contributed by atoms with Crippen molar-refractivity contribution in [2.45, 2.75) is 20.3 Å². The van der Waals surface area contributed by atoms with E-state index in [9.17, 15) is 9.59 Å². The fourth-order valence-corrected chi connectivity index (χ4v) is 1.71. The third-order valence-electron chi connectivity index (χ3n) is 2.73. The van der Waals surface area contributed by atoms with Gasteiger partial charge in [-0.15, -0.1) is 0 Å². The summed E-state index contributed by atoms with van der Waals surface area (Å²) in [6.45, 7) is 3.49. The van der Waals surface area contributed by atoms with Crippen LogP contribution in [-0.4, -0.2) is 22.2 Å². The topological polar surface area (TPSA) is 74.6 Å². The molecule has 1 aliphatic carbocycles. The summed E-state index contributed by atoms with van der Waals surface area (Å²) in [6, 6.07) is 0. The Labute approximate surface area is 70.2 Å². The Hall–Kier alpha value is -1.06. The van der Waals surface area contributed by atoms with Gasteiger partial charge < -0.3 is 10.2 Å². The van der Waals surface area contributed by atoms with Gasteiger partial charge >= 0.3 is 11.9 Å². The average molecular weight is 172 g/mol. The van der Waals surface area contributed by atoms with E-state index in [0.29, 0.717) is 0 Å². The van der Waals surface area contributed by atoms with Crippen LogP contribution >= 0.6 is 0 Å². The monoisotopic (exact) mass is 172 g/mol. The molecule has 1 saturated carbocycles. The Morgan fingerprint density at radius 3 is 2.00 bits per heavy atom. The maximum absolute atomic E-state index is 10.8. The highest BCUT2D eigenvalue weighted by Crippen LogP contribution is 2.58. The summed E-state index contributed by atoms with van der Waals surface area (Å²) in [6.07, 6.45) is 0.273. The lowest BCUT2D eigenvalue weighted by atomic mass is 9.90. The molecule has 1 fully saturated rings. The molecule has 2 N–H and O–H groups in total. The molecule has 0 heterocycles. The molecule has 1 rings (SSSR count). The van der Waals surface area contributed by atoms with Crippen LogP contribution in [0.5, 0.6) is 0 Å². The van der Waals surface area contributed by atoms with Gasteiger partial charge in [-0.05, 0) is 12.3 Å². The number of hydrogen-bond donors (Lipinski definition) is 2. The molecular weight excluding hydrogens is 160 g/mol. The standard InChI is InChI=1S/C8H12O4/c1-4(2)8(7(11)12)3-5(8)6(9)10/h4-5H,3H2,1-2H3,(H,9,10)(H,11,12)/t5-,8-/m0/s1. The van der Waals surface area contributed by atoms with E-state index in [4.69, 9.17) is 10.2 Å². The van der Waals surface area contributed by atoms with Gasteiger partial charge in [-0.1, -0.05) is 13.8 Å². The first-order valence-corrected chi connectivity index (χ1v) is 3.89. The molecule has 0 radical (unpaired) electrons. The van der Waals surface area contributed by atoms with Gasteiger partial charge in [-0.3, -0.25) is 9.59 Å². The van der Waals surface area contributed by atoms with Crippen LogP contribution in [0.15, 0.2) is 0 Å². The second-order valence-corrected chi connectivity index (χ2v) is 3.60. The van der Waals surface area contributed by atoms with Crippen molar-refractivity contribution in [1.82, 2.24) is 0 Å². The molecule has 12 heavy (non-hydrogen) atoms. The van der Waals surface area contributed by atoms with Gasteiger partial charge in [0.05, 0.1) is 11.3 Å². The van der Waals surface area contributed by atoms with E-state index < -0.39 is 23.3 Å². The fourth-order valence-electron chi connectivity index (χ4n) is 1.71. The van der Waals surface area contributed by atoms with Crippen molar-refractivity contribution in [3.63, 3.8) is 0 Å². The maximum atomic E-state index is 10.8. The first-order chi connectivity index (χ1) is 5.43. The number of rotatable bonds is 3. The van der Waals surface area contributed by atoms with Crippen molar-refractivity contribution in [1.29, 1.82) is 0 Å². The van der Waals surface area contributed by atoms with E-state index in [2.05, 4.69) is 0 Å². The van der Waals surface area contributed by atoms with E-state index in [1.165, 1.54) is 0 Å². The van der Waals surface area contributed by atoms with Crippen LogP contribution in [0, 0.1) is 17.3 Å². The second kappa shape index (κ2) is 2.47. The number of carboxylic acid groups (broad SMARTS) is 2. The Bertz CT molecular complexity index is 233. The minimum atomic E-state index is -0.994. The molecule has 2 atom stereocenters. The molecule has 68 valence electrons. The van der Waals surface area contributed by atoms with Gasteiger partial charge in [0.15, 0.2) is 0 Å². The van der Waals surface area contributed by atoms with Gasteiger partial charge in [0.25, 0.3) is 0 Å². The fraction of sp³-hybridized carbons (Fsp3) is 0.750. The molecule has 0 unspecified atom stereocenters. The average Bonchev–Trinajstić information content (AvgIpc) is 2.60. The van der Waals surface area contributed by atoms with Gasteiger partial charge in [0.1, 0.15) is 0 Å². The molecular formula is C8H12O4. The van der Waals surface area contributed by atoms with Crippen molar-refractivity contribution in [3.05, 3.63) is 0 Å². The molecule has 0 saturated heterocycles. The quantitative estimate of drug-likeness (QED) is 0.660. The zero-order chi connectivity index (χ0) is 9.52.